The largest absolute Gasteiger partial charge is 0.491 e. The fraction of sp³-hybridized carbons (Fsp3) is 0.250. The molecule has 0 saturated carbocycles. The monoisotopic (exact) mass is 417 g/mol. The smallest absolute Gasteiger partial charge is 0.195 e. The maximum absolute atomic E-state index is 13.5. The Kier molecular flexibility index (Phi) is 4.46. The lowest BCUT2D eigenvalue weighted by Crippen LogP contribution is -2.30. The van der Waals surface area contributed by atoms with Crippen LogP contribution in [-0.2, 0) is 5.41 Å². The van der Waals surface area contributed by atoms with E-state index < -0.39 is 11.5 Å². The Balaban J connectivity index is 1.60. The minimum absolute atomic E-state index is 0.0170. The molecule has 158 valence electrons. The summed E-state index contributed by atoms with van der Waals surface area (Å²) in [5.41, 5.74) is 4.43. The zero-order valence-electron chi connectivity index (χ0n) is 17.3. The van der Waals surface area contributed by atoms with Crippen molar-refractivity contribution in [3.8, 4) is 17.1 Å². The number of H-pyrrole nitrogens is 2. The summed E-state index contributed by atoms with van der Waals surface area (Å²) >= 11 is 0. The molecule has 4 N–H and O–H groups in total. The number of imidazole rings is 1. The second kappa shape index (κ2) is 7.08. The molecule has 0 aliphatic heterocycles. The highest BCUT2D eigenvalue weighted by Crippen LogP contribution is 2.45. The van der Waals surface area contributed by atoms with Crippen molar-refractivity contribution < 1.29 is 19.7 Å². The highest BCUT2D eigenvalue weighted by molar-refractivity contribution is 6.20. The average Bonchev–Trinajstić information content (AvgIpc) is 3.44. The van der Waals surface area contributed by atoms with E-state index in [1.807, 2.05) is 24.3 Å². The first-order valence-corrected chi connectivity index (χ1v) is 10.2. The predicted molar refractivity (Wildman–Crippen MR) is 116 cm³/mol. The molecule has 0 saturated heterocycles. The number of carbonyl (C=O) groups excluding carboxylic acids is 1. The highest BCUT2D eigenvalue weighted by atomic mass is 16.5. The van der Waals surface area contributed by atoms with Gasteiger partial charge in [0.1, 0.15) is 24.3 Å². The molecule has 1 aliphatic rings. The Bertz CT molecular complexity index is 1290. The molecule has 2 heterocycles. The molecule has 31 heavy (non-hydrogen) atoms. The number of ether oxygens (including phenoxy) is 1. The van der Waals surface area contributed by atoms with Crippen LogP contribution in [0, 0.1) is 0 Å². The van der Waals surface area contributed by atoms with Crippen LogP contribution in [0.25, 0.3) is 22.3 Å². The summed E-state index contributed by atoms with van der Waals surface area (Å²) in [7, 11) is 0. The van der Waals surface area contributed by atoms with Gasteiger partial charge >= 0.3 is 0 Å². The number of aliphatic hydroxyl groups is 2. The van der Waals surface area contributed by atoms with E-state index in [2.05, 4.69) is 28.8 Å². The van der Waals surface area contributed by atoms with E-state index in [9.17, 15) is 9.90 Å². The number of carbonyl (C=O) groups is 1. The number of nitrogens with one attached hydrogen (secondary N) is 2. The number of ketones is 1. The Labute approximate surface area is 178 Å². The topological polar surface area (TPSA) is 111 Å². The third-order valence-corrected chi connectivity index (χ3v) is 5.98. The molecule has 4 aromatic rings. The molecule has 1 atom stereocenters. The lowest BCUT2D eigenvalue weighted by molar-refractivity contribution is 0.0535. The van der Waals surface area contributed by atoms with Gasteiger partial charge in [-0.3, -0.25) is 4.79 Å². The normalized spacial score (nSPS) is 15.5. The lowest BCUT2D eigenvalue weighted by atomic mass is 9.71. The highest BCUT2D eigenvalue weighted by Gasteiger charge is 2.39. The zero-order chi connectivity index (χ0) is 21.8. The third kappa shape index (κ3) is 3.05. The minimum atomic E-state index is -0.950. The van der Waals surface area contributed by atoms with Gasteiger partial charge in [-0.15, -0.1) is 0 Å². The van der Waals surface area contributed by atoms with Crippen molar-refractivity contribution in [2.24, 2.45) is 0 Å². The maximum Gasteiger partial charge on any atom is 0.195 e. The van der Waals surface area contributed by atoms with Gasteiger partial charge in [-0.05, 0) is 29.8 Å². The molecule has 5 rings (SSSR count). The molecule has 0 fully saturated rings. The first-order chi connectivity index (χ1) is 14.9. The molecule has 2 aromatic carbocycles. The summed E-state index contributed by atoms with van der Waals surface area (Å²) in [6.07, 6.45) is 2.54. The fourth-order valence-electron chi connectivity index (χ4n) is 4.32. The van der Waals surface area contributed by atoms with Crippen LogP contribution in [-0.4, -0.2) is 50.3 Å². The van der Waals surface area contributed by atoms with Crippen LogP contribution in [0.5, 0.6) is 5.75 Å². The van der Waals surface area contributed by atoms with Crippen LogP contribution in [0.1, 0.15) is 41.0 Å². The molecule has 0 radical (unpaired) electrons. The van der Waals surface area contributed by atoms with E-state index in [1.165, 1.54) is 0 Å². The second-order valence-corrected chi connectivity index (χ2v) is 8.38. The summed E-state index contributed by atoms with van der Waals surface area (Å²) in [6.45, 7) is 3.77. The Hall–Kier alpha value is -3.42. The number of rotatable bonds is 5. The molecule has 0 spiro atoms. The van der Waals surface area contributed by atoms with Gasteiger partial charge in [0.2, 0.25) is 0 Å². The van der Waals surface area contributed by atoms with E-state index >= 15 is 0 Å². The third-order valence-electron chi connectivity index (χ3n) is 5.98. The van der Waals surface area contributed by atoms with E-state index in [0.29, 0.717) is 16.9 Å². The van der Waals surface area contributed by atoms with Crippen LogP contribution in [0.2, 0.25) is 0 Å². The van der Waals surface area contributed by atoms with E-state index in [4.69, 9.17) is 9.84 Å². The van der Waals surface area contributed by atoms with Crippen LogP contribution in [0.15, 0.2) is 48.8 Å². The molecular weight excluding hydrogens is 394 g/mol. The summed E-state index contributed by atoms with van der Waals surface area (Å²) in [4.78, 5) is 24.4. The molecule has 0 unspecified atom stereocenters. The minimum Gasteiger partial charge on any atom is -0.491 e. The lowest BCUT2D eigenvalue weighted by Gasteiger charge is -2.32. The molecule has 0 amide bonds. The van der Waals surface area contributed by atoms with Crippen LogP contribution in [0.4, 0.5) is 0 Å². The van der Waals surface area contributed by atoms with Gasteiger partial charge < -0.3 is 24.9 Å². The molecule has 7 nitrogen and oxygen atoms in total. The van der Waals surface area contributed by atoms with Crippen molar-refractivity contribution in [2.75, 3.05) is 13.2 Å². The van der Waals surface area contributed by atoms with E-state index in [0.717, 1.165) is 33.5 Å². The molecule has 0 bridgehead atoms. The number of hydrogen-bond donors (Lipinski definition) is 4. The molecule has 7 heteroatoms. The standard InChI is InChI=1S/C24H23N3O4/c1-24(2)18-10-15(31-12-14(29)11-28)4-6-16(18)21(30)20-17-5-3-13(23-25-7-8-26-23)9-19(17)27-22(20)24/h3-10,14,27-29H,11-12H2,1-2H3,(H,25,26)/t14-/m1/s1. The Morgan fingerprint density at radius 1 is 1.19 bits per heavy atom. The van der Waals surface area contributed by atoms with E-state index in [1.54, 1.807) is 24.5 Å². The summed E-state index contributed by atoms with van der Waals surface area (Å²) in [6, 6.07) is 11.3. The van der Waals surface area contributed by atoms with Gasteiger partial charge in [0.15, 0.2) is 5.78 Å². The summed E-state index contributed by atoms with van der Waals surface area (Å²) in [5.74, 6) is 1.30. The predicted octanol–water partition coefficient (Wildman–Crippen LogP) is 3.16. The van der Waals surface area contributed by atoms with Crippen LogP contribution >= 0.6 is 0 Å². The average molecular weight is 417 g/mol. The number of fused-ring (bicyclic) bond motifs is 4. The van der Waals surface area contributed by atoms with E-state index in [-0.39, 0.29) is 19.0 Å². The number of aromatic amines is 2. The number of nitrogens with zero attached hydrogens (tertiary/aromatic N) is 1. The molecule has 1 aliphatic carbocycles. The van der Waals surface area contributed by atoms with Crippen molar-refractivity contribution in [3.05, 3.63) is 71.2 Å². The first kappa shape index (κ1) is 19.5. The maximum atomic E-state index is 13.5. The Morgan fingerprint density at radius 2 is 2.03 bits per heavy atom. The van der Waals surface area contributed by atoms with Gasteiger partial charge in [0.05, 0.1) is 12.2 Å². The number of aliphatic hydroxyl groups excluding tert-OH is 2. The van der Waals surface area contributed by atoms with Crippen molar-refractivity contribution in [2.45, 2.75) is 25.4 Å². The SMILES string of the molecule is CC1(C)c2cc(OC[C@H](O)CO)ccc2C(=O)c2c1[nH]c1cc(-c3ncc[nH]3)ccc21. The van der Waals surface area contributed by atoms with Gasteiger partial charge in [-0.2, -0.15) is 0 Å². The van der Waals surface area contributed by atoms with Gasteiger partial charge in [-0.1, -0.05) is 26.0 Å². The van der Waals surface area contributed by atoms with Crippen molar-refractivity contribution in [1.29, 1.82) is 0 Å². The summed E-state index contributed by atoms with van der Waals surface area (Å²) in [5, 5.41) is 19.4. The van der Waals surface area contributed by atoms with Crippen molar-refractivity contribution >= 4 is 16.7 Å². The van der Waals surface area contributed by atoms with Crippen molar-refractivity contribution in [1.82, 2.24) is 15.0 Å². The first-order valence-electron chi connectivity index (χ1n) is 10.2. The van der Waals surface area contributed by atoms with Crippen LogP contribution < -0.4 is 4.74 Å². The molecular formula is C24H23N3O4. The van der Waals surface area contributed by atoms with Gasteiger partial charge in [-0.25, -0.2) is 4.98 Å². The fourth-order valence-corrected chi connectivity index (χ4v) is 4.32. The number of benzene rings is 2. The Morgan fingerprint density at radius 3 is 2.77 bits per heavy atom. The quantitative estimate of drug-likeness (QED) is 0.399. The van der Waals surface area contributed by atoms with Crippen molar-refractivity contribution in [3.63, 3.8) is 0 Å². The van der Waals surface area contributed by atoms with Gasteiger partial charge in [0, 0.05) is 45.5 Å². The zero-order valence-corrected chi connectivity index (χ0v) is 17.3. The van der Waals surface area contributed by atoms with Crippen LogP contribution in [0.3, 0.4) is 0 Å². The number of hydrogen-bond acceptors (Lipinski definition) is 5. The summed E-state index contributed by atoms with van der Waals surface area (Å²) < 4.78 is 5.62. The second-order valence-electron chi connectivity index (χ2n) is 8.38. The van der Waals surface area contributed by atoms with Gasteiger partial charge in [0.25, 0.3) is 0 Å². The number of aromatic nitrogens is 3. The molecule has 2 aromatic heterocycles.